The van der Waals surface area contributed by atoms with Gasteiger partial charge in [-0.2, -0.15) is 0 Å². The smallest absolute Gasteiger partial charge is 0.410 e. The number of carbonyl (C=O) groups is 2. The topological polar surface area (TPSA) is 71.5 Å². The third-order valence-electron chi connectivity index (χ3n) is 3.90. The molecule has 1 aromatic rings. The molecular formula is C17H25N3O3. The molecule has 2 rings (SSSR count). The fraction of sp³-hybridized carbons (Fsp3) is 0.588. The molecule has 1 aliphatic rings. The van der Waals surface area contributed by atoms with Gasteiger partial charge < -0.3 is 15.0 Å². The van der Waals surface area contributed by atoms with Gasteiger partial charge in [0.25, 0.3) is 0 Å². The zero-order valence-electron chi connectivity index (χ0n) is 14.2. The summed E-state index contributed by atoms with van der Waals surface area (Å²) in [6.45, 7) is 9.07. The lowest BCUT2D eigenvalue weighted by Crippen LogP contribution is -2.55. The number of rotatable bonds is 4. The second-order valence-electron chi connectivity index (χ2n) is 7.01. The van der Waals surface area contributed by atoms with Crippen molar-refractivity contribution in [1.82, 2.24) is 15.2 Å². The van der Waals surface area contributed by atoms with Crippen LogP contribution in [-0.2, 0) is 16.1 Å². The highest BCUT2D eigenvalue weighted by molar-refractivity contribution is 5.79. The molecule has 0 radical (unpaired) electrons. The molecule has 6 nitrogen and oxygen atoms in total. The summed E-state index contributed by atoms with van der Waals surface area (Å²) in [5.74, 6) is 0.0612. The lowest BCUT2D eigenvalue weighted by Gasteiger charge is -2.42. The van der Waals surface area contributed by atoms with Crippen LogP contribution in [0.2, 0.25) is 0 Å². The predicted molar refractivity (Wildman–Crippen MR) is 86.5 cm³/mol. The molecule has 1 unspecified atom stereocenters. The lowest BCUT2D eigenvalue weighted by molar-refractivity contribution is -0.128. The Balaban J connectivity index is 1.74. The lowest BCUT2D eigenvalue weighted by atomic mass is 9.86. The maximum Gasteiger partial charge on any atom is 0.410 e. The number of carbonyl (C=O) groups excluding carboxylic acids is 2. The number of hydrogen-bond donors (Lipinski definition) is 1. The first-order chi connectivity index (χ1) is 10.8. The van der Waals surface area contributed by atoms with E-state index in [0.29, 0.717) is 19.6 Å². The van der Waals surface area contributed by atoms with E-state index < -0.39 is 5.60 Å². The summed E-state index contributed by atoms with van der Waals surface area (Å²) >= 11 is 0. The van der Waals surface area contributed by atoms with Crippen molar-refractivity contribution >= 4 is 12.0 Å². The number of pyridine rings is 1. The molecule has 0 aromatic carbocycles. The molecule has 0 bridgehead atoms. The van der Waals surface area contributed by atoms with Crippen molar-refractivity contribution in [3.8, 4) is 0 Å². The Hall–Kier alpha value is -2.11. The number of nitrogens with zero attached hydrogens (tertiary/aromatic N) is 2. The first-order valence-electron chi connectivity index (χ1n) is 7.91. The molecule has 1 fully saturated rings. The van der Waals surface area contributed by atoms with Gasteiger partial charge in [-0.15, -0.1) is 0 Å². The third kappa shape index (κ3) is 4.94. The SMILES string of the molecule is CC(C(=O)NCc1ccncc1)C1CN(C(=O)OC(C)(C)C)C1. The monoisotopic (exact) mass is 319 g/mol. The number of ether oxygens (including phenoxy) is 1. The van der Waals surface area contributed by atoms with Crippen molar-refractivity contribution in [2.45, 2.75) is 39.8 Å². The van der Waals surface area contributed by atoms with Crippen LogP contribution in [0.4, 0.5) is 4.79 Å². The molecule has 0 aliphatic carbocycles. The van der Waals surface area contributed by atoms with Crippen molar-refractivity contribution in [3.05, 3.63) is 30.1 Å². The van der Waals surface area contributed by atoms with Gasteiger partial charge in [0.05, 0.1) is 0 Å². The van der Waals surface area contributed by atoms with Gasteiger partial charge in [-0.1, -0.05) is 6.92 Å². The molecule has 126 valence electrons. The third-order valence-corrected chi connectivity index (χ3v) is 3.90. The largest absolute Gasteiger partial charge is 0.444 e. The Bertz CT molecular complexity index is 548. The highest BCUT2D eigenvalue weighted by Gasteiger charge is 2.38. The fourth-order valence-electron chi connectivity index (χ4n) is 2.37. The first-order valence-corrected chi connectivity index (χ1v) is 7.91. The maximum absolute atomic E-state index is 12.2. The van der Waals surface area contributed by atoms with Crippen LogP contribution in [0.1, 0.15) is 33.3 Å². The molecule has 0 spiro atoms. The Morgan fingerprint density at radius 3 is 2.52 bits per heavy atom. The fourth-order valence-corrected chi connectivity index (χ4v) is 2.37. The number of likely N-dealkylation sites (tertiary alicyclic amines) is 1. The Morgan fingerprint density at radius 1 is 1.35 bits per heavy atom. The van der Waals surface area contributed by atoms with Gasteiger partial charge in [0, 0.05) is 43.9 Å². The quantitative estimate of drug-likeness (QED) is 0.923. The average Bonchev–Trinajstić information content (AvgIpc) is 2.42. The van der Waals surface area contributed by atoms with Gasteiger partial charge in [-0.25, -0.2) is 4.79 Å². The Labute approximate surface area is 137 Å². The van der Waals surface area contributed by atoms with Crippen LogP contribution in [0.25, 0.3) is 0 Å². The van der Waals surface area contributed by atoms with Crippen molar-refractivity contribution in [1.29, 1.82) is 0 Å². The molecule has 1 N–H and O–H groups in total. The summed E-state index contributed by atoms with van der Waals surface area (Å²) < 4.78 is 5.32. The van der Waals surface area contributed by atoms with Crippen LogP contribution in [0.3, 0.4) is 0 Å². The molecule has 2 amide bonds. The molecule has 0 saturated carbocycles. The van der Waals surface area contributed by atoms with Crippen LogP contribution in [-0.4, -0.2) is 40.6 Å². The van der Waals surface area contributed by atoms with Gasteiger partial charge in [-0.05, 0) is 38.5 Å². The van der Waals surface area contributed by atoms with Crippen LogP contribution in [0.5, 0.6) is 0 Å². The van der Waals surface area contributed by atoms with Crippen molar-refractivity contribution in [3.63, 3.8) is 0 Å². The normalized spacial score (nSPS) is 16.4. The standard InChI is InChI=1S/C17H25N3O3/c1-12(15(21)19-9-13-5-7-18-8-6-13)14-10-20(11-14)16(22)23-17(2,3)4/h5-8,12,14H,9-11H2,1-4H3,(H,19,21). The molecule has 23 heavy (non-hydrogen) atoms. The van der Waals surface area contributed by atoms with Gasteiger partial charge in [0.1, 0.15) is 5.60 Å². The van der Waals surface area contributed by atoms with E-state index >= 15 is 0 Å². The average molecular weight is 319 g/mol. The van der Waals surface area contributed by atoms with Gasteiger partial charge >= 0.3 is 6.09 Å². The Morgan fingerprint density at radius 2 is 1.96 bits per heavy atom. The van der Waals surface area contributed by atoms with E-state index in [-0.39, 0.29) is 23.8 Å². The molecule has 1 saturated heterocycles. The van der Waals surface area contributed by atoms with Crippen molar-refractivity contribution in [2.75, 3.05) is 13.1 Å². The highest BCUT2D eigenvalue weighted by Crippen LogP contribution is 2.25. The van der Waals surface area contributed by atoms with Gasteiger partial charge in [-0.3, -0.25) is 9.78 Å². The zero-order valence-corrected chi connectivity index (χ0v) is 14.2. The Kier molecular flexibility index (Phi) is 5.23. The van der Waals surface area contributed by atoms with E-state index in [2.05, 4.69) is 10.3 Å². The van der Waals surface area contributed by atoms with E-state index in [1.165, 1.54) is 0 Å². The molecular weight excluding hydrogens is 294 g/mol. The van der Waals surface area contributed by atoms with Gasteiger partial charge in [0.2, 0.25) is 5.91 Å². The van der Waals surface area contributed by atoms with E-state index in [4.69, 9.17) is 4.74 Å². The summed E-state index contributed by atoms with van der Waals surface area (Å²) in [7, 11) is 0. The molecule has 6 heteroatoms. The summed E-state index contributed by atoms with van der Waals surface area (Å²) in [4.78, 5) is 29.7. The van der Waals surface area contributed by atoms with Gasteiger partial charge in [0.15, 0.2) is 0 Å². The van der Waals surface area contributed by atoms with Crippen LogP contribution >= 0.6 is 0 Å². The predicted octanol–water partition coefficient (Wildman–Crippen LogP) is 2.20. The second kappa shape index (κ2) is 6.98. The minimum absolute atomic E-state index is 0.00986. The summed E-state index contributed by atoms with van der Waals surface area (Å²) in [6.07, 6.45) is 3.10. The maximum atomic E-state index is 12.2. The number of aromatic nitrogens is 1. The highest BCUT2D eigenvalue weighted by atomic mass is 16.6. The van der Waals surface area contributed by atoms with Crippen LogP contribution < -0.4 is 5.32 Å². The van der Waals surface area contributed by atoms with Crippen molar-refractivity contribution in [2.24, 2.45) is 11.8 Å². The van der Waals surface area contributed by atoms with Crippen molar-refractivity contribution < 1.29 is 14.3 Å². The van der Waals surface area contributed by atoms with E-state index in [0.717, 1.165) is 5.56 Å². The molecule has 1 aliphatic heterocycles. The van der Waals surface area contributed by atoms with Crippen LogP contribution in [0.15, 0.2) is 24.5 Å². The van der Waals surface area contributed by atoms with Crippen LogP contribution in [0, 0.1) is 11.8 Å². The summed E-state index contributed by atoms with van der Waals surface area (Å²) in [5.41, 5.74) is 0.528. The minimum Gasteiger partial charge on any atom is -0.444 e. The number of nitrogens with one attached hydrogen (secondary N) is 1. The van der Waals surface area contributed by atoms with E-state index in [9.17, 15) is 9.59 Å². The molecule has 1 atom stereocenters. The molecule has 2 heterocycles. The minimum atomic E-state index is -0.490. The number of amides is 2. The number of hydrogen-bond acceptors (Lipinski definition) is 4. The van der Waals surface area contributed by atoms with E-state index in [1.54, 1.807) is 17.3 Å². The zero-order chi connectivity index (χ0) is 17.0. The first kappa shape index (κ1) is 17.2. The second-order valence-corrected chi connectivity index (χ2v) is 7.01. The summed E-state index contributed by atoms with van der Waals surface area (Å²) in [6, 6.07) is 3.75. The summed E-state index contributed by atoms with van der Waals surface area (Å²) in [5, 5.41) is 2.93. The van der Waals surface area contributed by atoms with E-state index in [1.807, 2.05) is 39.8 Å². The molecule has 1 aromatic heterocycles.